The minimum Gasteiger partial charge on any atom is -0.542 e. The lowest BCUT2D eigenvalue weighted by Gasteiger charge is -2.36. The number of hydrogen-bond donors (Lipinski definition) is 1. The minimum absolute atomic E-state index is 0.124. The van der Waals surface area contributed by atoms with Crippen molar-refractivity contribution in [2.75, 3.05) is 5.43 Å². The van der Waals surface area contributed by atoms with Crippen molar-refractivity contribution in [2.24, 2.45) is 5.10 Å². The molecule has 3 rings (SSSR count). The van der Waals surface area contributed by atoms with E-state index in [-0.39, 0.29) is 5.04 Å². The van der Waals surface area contributed by atoms with Crippen LogP contribution in [0.4, 0.5) is 5.82 Å². The zero-order chi connectivity index (χ0) is 20.4. The number of nitrogens with zero attached hydrogens (tertiary/aromatic N) is 3. The fourth-order valence-corrected chi connectivity index (χ4v) is 3.50. The van der Waals surface area contributed by atoms with Gasteiger partial charge >= 0.3 is 0 Å². The topological polar surface area (TPSA) is 59.4 Å². The van der Waals surface area contributed by atoms with Crippen LogP contribution in [0.3, 0.4) is 0 Å². The molecule has 0 aliphatic rings. The summed E-state index contributed by atoms with van der Waals surface area (Å²) in [6, 6.07) is 14.0. The van der Waals surface area contributed by atoms with E-state index in [0.29, 0.717) is 5.82 Å². The van der Waals surface area contributed by atoms with Crippen molar-refractivity contribution in [2.45, 2.75) is 45.8 Å². The summed E-state index contributed by atoms with van der Waals surface area (Å²) in [4.78, 5) is 9.02. The number of aromatic nitrogens is 2. The van der Waals surface area contributed by atoms with E-state index in [0.717, 1.165) is 27.9 Å². The van der Waals surface area contributed by atoms with Crippen LogP contribution in [-0.4, -0.2) is 24.5 Å². The average Bonchev–Trinajstić information content (AvgIpc) is 2.61. The second-order valence-electron chi connectivity index (χ2n) is 8.51. The molecule has 0 unspecified atom stereocenters. The van der Waals surface area contributed by atoms with Gasteiger partial charge in [-0.3, -0.25) is 5.43 Å². The molecule has 5 nitrogen and oxygen atoms in total. The number of hydrogen-bond acceptors (Lipinski definition) is 5. The van der Waals surface area contributed by atoms with E-state index >= 15 is 0 Å². The zero-order valence-electron chi connectivity index (χ0n) is 17.4. The number of hydrazone groups is 1. The first-order valence-corrected chi connectivity index (χ1v) is 12.4. The first-order chi connectivity index (χ1) is 13.2. The monoisotopic (exact) mass is 392 g/mol. The fourth-order valence-electron chi connectivity index (χ4n) is 2.48. The lowest BCUT2D eigenvalue weighted by atomic mass is 10.2. The molecule has 2 aromatic heterocycles. The van der Waals surface area contributed by atoms with Crippen LogP contribution in [0.15, 0.2) is 53.8 Å². The Morgan fingerprint density at radius 1 is 1.11 bits per heavy atom. The molecular formula is C22H28N4OSi. The summed E-state index contributed by atoms with van der Waals surface area (Å²) in [6.45, 7) is 13.2. The summed E-state index contributed by atoms with van der Waals surface area (Å²) in [5.74, 6) is 1.55. The van der Waals surface area contributed by atoms with Crippen LogP contribution in [-0.2, 0) is 0 Å². The molecule has 146 valence electrons. The van der Waals surface area contributed by atoms with E-state index in [1.807, 2.05) is 43.3 Å². The molecule has 0 bridgehead atoms. The number of nitrogens with one attached hydrogen (secondary N) is 1. The van der Waals surface area contributed by atoms with Gasteiger partial charge in [0.2, 0.25) is 0 Å². The number of benzene rings is 1. The normalized spacial score (nSPS) is 12.5. The van der Waals surface area contributed by atoms with Crippen molar-refractivity contribution in [1.82, 2.24) is 9.97 Å². The summed E-state index contributed by atoms with van der Waals surface area (Å²) in [5.41, 5.74) is 5.71. The Morgan fingerprint density at radius 2 is 1.89 bits per heavy atom. The van der Waals surface area contributed by atoms with Gasteiger partial charge in [-0.1, -0.05) is 39.0 Å². The molecule has 0 fully saturated rings. The number of fused-ring (bicyclic) bond motifs is 1. The van der Waals surface area contributed by atoms with Gasteiger partial charge in [0.05, 0.1) is 11.9 Å². The van der Waals surface area contributed by atoms with Crippen molar-refractivity contribution in [1.29, 1.82) is 0 Å². The molecule has 0 radical (unpaired) electrons. The Labute approximate surface area is 168 Å². The van der Waals surface area contributed by atoms with Crippen LogP contribution in [0.2, 0.25) is 18.1 Å². The van der Waals surface area contributed by atoms with Gasteiger partial charge in [0.15, 0.2) is 0 Å². The standard InChI is InChI=1S/C22H28N4OSi/c1-16-12-13-23-20(14-16)26-24-15-18-11-10-17-8-7-9-19(21(17)25-18)27-28(5,6)22(2,3)4/h7-15H,1-6H3,(H,23,26). The maximum atomic E-state index is 6.53. The van der Waals surface area contributed by atoms with Crippen molar-refractivity contribution in [3.05, 3.63) is 59.9 Å². The van der Waals surface area contributed by atoms with Crippen molar-refractivity contribution in [3.8, 4) is 5.75 Å². The van der Waals surface area contributed by atoms with E-state index in [4.69, 9.17) is 9.41 Å². The van der Waals surface area contributed by atoms with Gasteiger partial charge in [0.1, 0.15) is 17.1 Å². The van der Waals surface area contributed by atoms with E-state index in [1.165, 1.54) is 0 Å². The third-order valence-corrected chi connectivity index (χ3v) is 9.51. The number of aryl methyl sites for hydroxylation is 1. The molecule has 1 aromatic carbocycles. The van der Waals surface area contributed by atoms with Crippen LogP contribution >= 0.6 is 0 Å². The highest BCUT2D eigenvalue weighted by molar-refractivity contribution is 6.74. The molecule has 0 saturated heterocycles. The molecule has 2 heterocycles. The Balaban J connectivity index is 1.87. The lowest BCUT2D eigenvalue weighted by Crippen LogP contribution is -2.43. The molecule has 0 saturated carbocycles. The fraction of sp³-hybridized carbons (Fsp3) is 0.318. The summed E-state index contributed by atoms with van der Waals surface area (Å²) in [5, 5.41) is 5.45. The second kappa shape index (κ2) is 7.71. The highest BCUT2D eigenvalue weighted by Crippen LogP contribution is 2.38. The predicted octanol–water partition coefficient (Wildman–Crippen LogP) is 5.77. The summed E-state index contributed by atoms with van der Waals surface area (Å²) >= 11 is 0. The van der Waals surface area contributed by atoms with E-state index < -0.39 is 8.32 Å². The Hall–Kier alpha value is -2.73. The number of pyridine rings is 2. The largest absolute Gasteiger partial charge is 0.542 e. The van der Waals surface area contributed by atoms with Crippen LogP contribution in [0.25, 0.3) is 10.9 Å². The van der Waals surface area contributed by atoms with Gasteiger partial charge in [-0.25, -0.2) is 9.97 Å². The molecule has 0 atom stereocenters. The molecule has 1 N–H and O–H groups in total. The summed E-state index contributed by atoms with van der Waals surface area (Å²) < 4.78 is 6.53. The summed E-state index contributed by atoms with van der Waals surface area (Å²) in [6.07, 6.45) is 3.46. The van der Waals surface area contributed by atoms with E-state index in [2.05, 4.69) is 55.4 Å². The molecular weight excluding hydrogens is 364 g/mol. The zero-order valence-corrected chi connectivity index (χ0v) is 18.4. The Kier molecular flexibility index (Phi) is 5.51. The first kappa shape index (κ1) is 20.0. The molecule has 0 aliphatic heterocycles. The first-order valence-electron chi connectivity index (χ1n) is 9.46. The Bertz CT molecular complexity index is 1010. The van der Waals surface area contributed by atoms with Crippen LogP contribution in [0.5, 0.6) is 5.75 Å². The third kappa shape index (κ3) is 4.57. The van der Waals surface area contributed by atoms with Crippen molar-refractivity contribution >= 4 is 31.3 Å². The molecule has 6 heteroatoms. The van der Waals surface area contributed by atoms with Gasteiger partial charge in [-0.15, -0.1) is 0 Å². The van der Waals surface area contributed by atoms with Gasteiger partial charge in [-0.05, 0) is 54.9 Å². The predicted molar refractivity (Wildman–Crippen MR) is 120 cm³/mol. The van der Waals surface area contributed by atoms with Gasteiger partial charge < -0.3 is 4.43 Å². The molecule has 0 aliphatic carbocycles. The lowest BCUT2D eigenvalue weighted by molar-refractivity contribution is 0.495. The second-order valence-corrected chi connectivity index (χ2v) is 13.2. The number of anilines is 1. The SMILES string of the molecule is Cc1ccnc(NN=Cc2ccc3cccc(O[Si](C)(C)C(C)(C)C)c3n2)c1. The average molecular weight is 393 g/mol. The number of para-hydroxylation sites is 1. The van der Waals surface area contributed by atoms with Gasteiger partial charge in [0.25, 0.3) is 8.32 Å². The van der Waals surface area contributed by atoms with Crippen molar-refractivity contribution in [3.63, 3.8) is 0 Å². The third-order valence-electron chi connectivity index (χ3n) is 5.17. The van der Waals surface area contributed by atoms with Crippen LogP contribution in [0.1, 0.15) is 32.0 Å². The summed E-state index contributed by atoms with van der Waals surface area (Å²) in [7, 11) is -1.95. The highest BCUT2D eigenvalue weighted by atomic mass is 28.4. The van der Waals surface area contributed by atoms with Gasteiger partial charge in [0, 0.05) is 11.6 Å². The molecule has 0 amide bonds. The highest BCUT2D eigenvalue weighted by Gasteiger charge is 2.39. The van der Waals surface area contributed by atoms with Crippen molar-refractivity contribution < 1.29 is 4.43 Å². The van der Waals surface area contributed by atoms with E-state index in [1.54, 1.807) is 12.4 Å². The quantitative estimate of drug-likeness (QED) is 0.340. The van der Waals surface area contributed by atoms with Crippen LogP contribution in [0, 0.1) is 6.92 Å². The van der Waals surface area contributed by atoms with E-state index in [9.17, 15) is 0 Å². The smallest absolute Gasteiger partial charge is 0.250 e. The maximum Gasteiger partial charge on any atom is 0.250 e. The molecule has 0 spiro atoms. The van der Waals surface area contributed by atoms with Crippen LogP contribution < -0.4 is 9.85 Å². The Morgan fingerprint density at radius 3 is 2.61 bits per heavy atom. The number of rotatable bonds is 5. The maximum absolute atomic E-state index is 6.53. The molecule has 28 heavy (non-hydrogen) atoms. The minimum atomic E-state index is -1.95. The van der Waals surface area contributed by atoms with Gasteiger partial charge in [-0.2, -0.15) is 5.10 Å². The molecule has 3 aromatic rings.